The maximum absolute atomic E-state index is 14.2. The molecule has 1 aliphatic rings. The van der Waals surface area contributed by atoms with Crippen LogP contribution in [0.4, 0.5) is 10.1 Å². The molecule has 158 valence electrons. The molecule has 0 saturated heterocycles. The van der Waals surface area contributed by atoms with Gasteiger partial charge in [0.25, 0.3) is 0 Å². The van der Waals surface area contributed by atoms with Crippen molar-refractivity contribution in [2.45, 2.75) is 19.8 Å². The van der Waals surface area contributed by atoms with Crippen LogP contribution in [-0.4, -0.2) is 23.3 Å². The Hall–Kier alpha value is -4.11. The molecule has 0 unspecified atom stereocenters. The van der Waals surface area contributed by atoms with E-state index < -0.39 is 5.82 Å². The molecule has 0 fully saturated rings. The zero-order chi connectivity index (χ0) is 22.7. The SMILES string of the molecule is Cc1cnc2c(c1)CCC(N(C)c1cccnc1)=C2/C=C(\C=O)c1cccc(F)c1C#N. The van der Waals surface area contributed by atoms with Gasteiger partial charge in [-0.2, -0.15) is 5.26 Å². The highest BCUT2D eigenvalue weighted by Crippen LogP contribution is 2.36. The Morgan fingerprint density at radius 3 is 2.78 bits per heavy atom. The van der Waals surface area contributed by atoms with Gasteiger partial charge >= 0.3 is 0 Å². The second-order valence-corrected chi connectivity index (χ2v) is 7.64. The molecular formula is C26H21FN4O. The van der Waals surface area contributed by atoms with E-state index in [1.807, 2.05) is 37.1 Å². The Balaban J connectivity index is 1.95. The van der Waals surface area contributed by atoms with Crippen molar-refractivity contribution in [3.63, 3.8) is 0 Å². The molecule has 0 bridgehead atoms. The van der Waals surface area contributed by atoms with Crippen LogP contribution in [0, 0.1) is 24.1 Å². The second kappa shape index (κ2) is 8.94. The van der Waals surface area contributed by atoms with Gasteiger partial charge in [0.1, 0.15) is 11.9 Å². The first-order valence-corrected chi connectivity index (χ1v) is 10.2. The van der Waals surface area contributed by atoms with Crippen LogP contribution in [0.1, 0.15) is 34.4 Å². The van der Waals surface area contributed by atoms with E-state index in [-0.39, 0.29) is 16.7 Å². The molecule has 0 spiro atoms. The fourth-order valence-electron chi connectivity index (χ4n) is 4.00. The smallest absolute Gasteiger partial charge is 0.150 e. The predicted octanol–water partition coefficient (Wildman–Crippen LogP) is 4.87. The lowest BCUT2D eigenvalue weighted by Gasteiger charge is -2.29. The van der Waals surface area contributed by atoms with Crippen LogP contribution < -0.4 is 4.90 Å². The van der Waals surface area contributed by atoms with Gasteiger partial charge in [0, 0.05) is 41.8 Å². The number of hydrogen-bond donors (Lipinski definition) is 0. The van der Waals surface area contributed by atoms with Crippen molar-refractivity contribution in [1.29, 1.82) is 5.26 Å². The van der Waals surface area contributed by atoms with Crippen molar-refractivity contribution in [2.24, 2.45) is 0 Å². The summed E-state index contributed by atoms with van der Waals surface area (Å²) < 4.78 is 14.2. The van der Waals surface area contributed by atoms with E-state index in [1.54, 1.807) is 30.7 Å². The molecule has 2 heterocycles. The van der Waals surface area contributed by atoms with Crippen molar-refractivity contribution in [1.82, 2.24) is 9.97 Å². The molecule has 3 aromatic rings. The topological polar surface area (TPSA) is 69.9 Å². The summed E-state index contributed by atoms with van der Waals surface area (Å²) in [5.74, 6) is -0.655. The summed E-state index contributed by atoms with van der Waals surface area (Å²) in [7, 11) is 1.95. The lowest BCUT2D eigenvalue weighted by molar-refractivity contribution is -0.103. The van der Waals surface area contributed by atoms with Gasteiger partial charge in [-0.1, -0.05) is 18.2 Å². The van der Waals surface area contributed by atoms with Gasteiger partial charge in [0.15, 0.2) is 6.29 Å². The number of pyridine rings is 2. The molecule has 6 heteroatoms. The summed E-state index contributed by atoms with van der Waals surface area (Å²) in [6.07, 6.45) is 9.19. The average molecular weight is 424 g/mol. The third kappa shape index (κ3) is 3.93. The van der Waals surface area contributed by atoms with Gasteiger partial charge in [-0.15, -0.1) is 0 Å². The van der Waals surface area contributed by atoms with Crippen molar-refractivity contribution < 1.29 is 9.18 Å². The summed E-state index contributed by atoms with van der Waals surface area (Å²) in [4.78, 5) is 23.0. The van der Waals surface area contributed by atoms with Gasteiger partial charge in [-0.25, -0.2) is 4.39 Å². The summed E-state index contributed by atoms with van der Waals surface area (Å²) in [5, 5.41) is 9.45. The lowest BCUT2D eigenvalue weighted by Crippen LogP contribution is -2.22. The number of rotatable bonds is 5. The van der Waals surface area contributed by atoms with Crippen molar-refractivity contribution in [2.75, 3.05) is 11.9 Å². The molecule has 4 rings (SSSR count). The van der Waals surface area contributed by atoms with Crippen molar-refractivity contribution in [3.8, 4) is 6.07 Å². The lowest BCUT2D eigenvalue weighted by atomic mass is 9.88. The molecule has 0 atom stereocenters. The van der Waals surface area contributed by atoms with Gasteiger partial charge in [0.05, 0.1) is 23.1 Å². The Morgan fingerprint density at radius 2 is 2.06 bits per heavy atom. The summed E-state index contributed by atoms with van der Waals surface area (Å²) >= 11 is 0. The number of anilines is 1. The molecule has 32 heavy (non-hydrogen) atoms. The number of benzene rings is 1. The maximum atomic E-state index is 14.2. The maximum Gasteiger partial charge on any atom is 0.150 e. The van der Waals surface area contributed by atoms with E-state index in [9.17, 15) is 14.4 Å². The summed E-state index contributed by atoms with van der Waals surface area (Å²) in [6, 6.07) is 12.1. The van der Waals surface area contributed by atoms with Crippen molar-refractivity contribution in [3.05, 3.63) is 101 Å². The fourth-order valence-corrected chi connectivity index (χ4v) is 4.00. The van der Waals surface area contributed by atoms with Crippen LogP contribution in [0.25, 0.3) is 11.1 Å². The average Bonchev–Trinajstić information content (AvgIpc) is 2.82. The quantitative estimate of drug-likeness (QED) is 0.432. The number of nitrogens with zero attached hydrogens (tertiary/aromatic N) is 4. The zero-order valence-electron chi connectivity index (χ0n) is 17.8. The van der Waals surface area contributed by atoms with Gasteiger partial charge < -0.3 is 4.90 Å². The minimum Gasteiger partial charge on any atom is -0.346 e. The predicted molar refractivity (Wildman–Crippen MR) is 122 cm³/mol. The Bertz CT molecular complexity index is 1290. The molecule has 2 aromatic heterocycles. The van der Waals surface area contributed by atoms with E-state index in [2.05, 4.69) is 16.0 Å². The minimum atomic E-state index is -0.655. The Morgan fingerprint density at radius 1 is 1.22 bits per heavy atom. The zero-order valence-corrected chi connectivity index (χ0v) is 17.8. The van der Waals surface area contributed by atoms with E-state index in [0.717, 1.165) is 46.6 Å². The number of aldehydes is 1. The third-order valence-electron chi connectivity index (χ3n) is 5.60. The molecule has 1 aromatic carbocycles. The van der Waals surface area contributed by atoms with E-state index in [1.165, 1.54) is 12.1 Å². The fraction of sp³-hybridized carbons (Fsp3) is 0.154. The Labute approximate surface area is 186 Å². The van der Waals surface area contributed by atoms with Crippen LogP contribution in [-0.2, 0) is 11.2 Å². The Kier molecular flexibility index (Phi) is 5.91. The highest BCUT2D eigenvalue weighted by Gasteiger charge is 2.24. The molecule has 5 nitrogen and oxygen atoms in total. The number of carbonyl (C=O) groups excluding carboxylic acids is 1. The molecule has 0 N–H and O–H groups in total. The molecule has 0 saturated carbocycles. The van der Waals surface area contributed by atoms with Crippen LogP contribution in [0.5, 0.6) is 0 Å². The normalized spacial score (nSPS) is 13.4. The number of nitriles is 1. The number of aryl methyl sites for hydroxylation is 2. The highest BCUT2D eigenvalue weighted by molar-refractivity contribution is 6.11. The third-order valence-corrected chi connectivity index (χ3v) is 5.60. The number of hydrogen-bond acceptors (Lipinski definition) is 5. The first-order chi connectivity index (χ1) is 15.5. The van der Waals surface area contributed by atoms with Crippen molar-refractivity contribution >= 4 is 23.1 Å². The number of carbonyl (C=O) groups is 1. The van der Waals surface area contributed by atoms with Crippen LogP contribution in [0.3, 0.4) is 0 Å². The number of allylic oxidation sites excluding steroid dienone is 4. The van der Waals surface area contributed by atoms with Crippen LogP contribution >= 0.6 is 0 Å². The van der Waals surface area contributed by atoms with Crippen LogP contribution in [0.15, 0.2) is 66.8 Å². The summed E-state index contributed by atoms with van der Waals surface area (Å²) in [6.45, 7) is 1.99. The molecule has 0 aliphatic heterocycles. The largest absolute Gasteiger partial charge is 0.346 e. The highest BCUT2D eigenvalue weighted by atomic mass is 19.1. The van der Waals surface area contributed by atoms with E-state index >= 15 is 0 Å². The van der Waals surface area contributed by atoms with Crippen LogP contribution in [0.2, 0.25) is 0 Å². The van der Waals surface area contributed by atoms with E-state index in [4.69, 9.17) is 0 Å². The van der Waals surface area contributed by atoms with E-state index in [0.29, 0.717) is 6.29 Å². The first kappa shape index (κ1) is 21.1. The minimum absolute atomic E-state index is 0.151. The molecule has 1 aliphatic carbocycles. The van der Waals surface area contributed by atoms with Gasteiger partial charge in [0.2, 0.25) is 0 Å². The first-order valence-electron chi connectivity index (χ1n) is 10.2. The van der Waals surface area contributed by atoms with Gasteiger partial charge in [-0.3, -0.25) is 14.8 Å². The molecule has 0 amide bonds. The molecule has 0 radical (unpaired) electrons. The second-order valence-electron chi connectivity index (χ2n) is 7.64. The van der Waals surface area contributed by atoms with Gasteiger partial charge in [-0.05, 0) is 55.2 Å². The molecular weight excluding hydrogens is 403 g/mol. The monoisotopic (exact) mass is 424 g/mol. The summed E-state index contributed by atoms with van der Waals surface area (Å²) in [5.41, 5.74) is 5.90. The number of halogens is 1. The number of aromatic nitrogens is 2. The standard InChI is InChI=1S/C26H21FN4O/c1-17-11-18-8-9-25(31(2)20-5-4-10-29-15-20)22(26(18)30-14-17)12-19(16-32)21-6-3-7-24(27)23(21)13-28/h3-7,10-12,14-16H,8-9H2,1-2H3/b19-12+. The number of fused-ring (bicyclic) bond motifs is 1.